The molecule has 2 rings (SSSR count). The standard InChI is InChI=1S/C14H27N3O2.HI/c1-18-9-7-14(5-3-6-14)11-17-13(15)16-10-12-4-2-8-19-12;/h12H,2-11H2,1H3,(H3,15,16,17);1H. The van der Waals surface area contributed by atoms with Crippen LogP contribution in [-0.2, 0) is 9.47 Å². The highest BCUT2D eigenvalue weighted by Crippen LogP contribution is 2.44. The van der Waals surface area contributed by atoms with Crippen LogP contribution in [0.5, 0.6) is 0 Å². The Labute approximate surface area is 139 Å². The lowest BCUT2D eigenvalue weighted by molar-refractivity contribution is 0.0778. The van der Waals surface area contributed by atoms with E-state index in [1.165, 1.54) is 19.3 Å². The average molecular weight is 397 g/mol. The van der Waals surface area contributed by atoms with Crippen LogP contribution < -0.4 is 11.1 Å². The van der Waals surface area contributed by atoms with Crippen molar-refractivity contribution in [3.05, 3.63) is 0 Å². The van der Waals surface area contributed by atoms with Gasteiger partial charge < -0.3 is 20.5 Å². The molecule has 1 saturated carbocycles. The first-order chi connectivity index (χ1) is 9.24. The van der Waals surface area contributed by atoms with Crippen molar-refractivity contribution in [2.45, 2.75) is 44.6 Å². The van der Waals surface area contributed by atoms with E-state index in [4.69, 9.17) is 15.2 Å². The van der Waals surface area contributed by atoms with E-state index in [2.05, 4.69) is 10.3 Å². The Morgan fingerprint density at radius 1 is 1.45 bits per heavy atom. The van der Waals surface area contributed by atoms with Crippen molar-refractivity contribution in [3.63, 3.8) is 0 Å². The summed E-state index contributed by atoms with van der Waals surface area (Å²) in [5.41, 5.74) is 6.26. The lowest BCUT2D eigenvalue weighted by atomic mass is 9.67. The van der Waals surface area contributed by atoms with Crippen LogP contribution >= 0.6 is 24.0 Å². The molecule has 1 heterocycles. The molecular formula is C14H28IN3O2. The maximum absolute atomic E-state index is 5.92. The van der Waals surface area contributed by atoms with Gasteiger partial charge in [0.25, 0.3) is 0 Å². The van der Waals surface area contributed by atoms with Gasteiger partial charge in [-0.2, -0.15) is 0 Å². The summed E-state index contributed by atoms with van der Waals surface area (Å²) in [7, 11) is 1.76. The zero-order valence-corrected chi connectivity index (χ0v) is 14.7. The molecule has 1 unspecified atom stereocenters. The van der Waals surface area contributed by atoms with E-state index < -0.39 is 0 Å². The van der Waals surface area contributed by atoms with Crippen LogP contribution in [0, 0.1) is 5.41 Å². The fourth-order valence-electron chi connectivity index (χ4n) is 2.82. The molecule has 118 valence electrons. The number of hydrogen-bond acceptors (Lipinski definition) is 3. The van der Waals surface area contributed by atoms with Gasteiger partial charge >= 0.3 is 0 Å². The Hall–Kier alpha value is -0.0800. The first kappa shape index (κ1) is 18.0. The quantitative estimate of drug-likeness (QED) is 0.391. The van der Waals surface area contributed by atoms with Crippen LogP contribution in [0.1, 0.15) is 38.5 Å². The van der Waals surface area contributed by atoms with Gasteiger partial charge in [-0.25, -0.2) is 0 Å². The van der Waals surface area contributed by atoms with Gasteiger partial charge in [0, 0.05) is 33.4 Å². The minimum Gasteiger partial charge on any atom is -0.385 e. The van der Waals surface area contributed by atoms with E-state index in [0.29, 0.717) is 17.5 Å². The molecule has 0 bridgehead atoms. The Balaban J connectivity index is 0.00000200. The number of nitrogens with two attached hydrogens (primary N) is 1. The van der Waals surface area contributed by atoms with Crippen LogP contribution in [0.3, 0.4) is 0 Å². The number of ether oxygens (including phenoxy) is 2. The highest BCUT2D eigenvalue weighted by molar-refractivity contribution is 14.0. The monoisotopic (exact) mass is 397 g/mol. The van der Waals surface area contributed by atoms with E-state index in [9.17, 15) is 0 Å². The summed E-state index contributed by atoms with van der Waals surface area (Å²) < 4.78 is 10.7. The molecule has 0 radical (unpaired) electrons. The molecule has 3 N–H and O–H groups in total. The van der Waals surface area contributed by atoms with Crippen molar-refractivity contribution in [1.29, 1.82) is 0 Å². The maximum atomic E-state index is 5.92. The van der Waals surface area contributed by atoms with Crippen LogP contribution in [0.15, 0.2) is 4.99 Å². The zero-order valence-electron chi connectivity index (χ0n) is 12.4. The molecule has 1 atom stereocenters. The fourth-order valence-corrected chi connectivity index (χ4v) is 2.82. The highest BCUT2D eigenvalue weighted by Gasteiger charge is 2.36. The molecule has 0 aromatic rings. The molecule has 0 aromatic carbocycles. The number of aliphatic imine (C=N–C) groups is 1. The molecule has 0 amide bonds. The third-order valence-corrected chi connectivity index (χ3v) is 4.37. The van der Waals surface area contributed by atoms with E-state index in [1.54, 1.807) is 7.11 Å². The fraction of sp³-hybridized carbons (Fsp3) is 0.929. The van der Waals surface area contributed by atoms with Gasteiger partial charge in [-0.15, -0.1) is 24.0 Å². The SMILES string of the molecule is COCCC1(CN=C(N)NCC2CCCO2)CCC1.I. The van der Waals surface area contributed by atoms with Gasteiger partial charge in [0.1, 0.15) is 0 Å². The predicted octanol–water partition coefficient (Wildman–Crippen LogP) is 1.89. The molecule has 2 fully saturated rings. The van der Waals surface area contributed by atoms with Gasteiger partial charge in [-0.05, 0) is 37.5 Å². The van der Waals surface area contributed by atoms with Crippen molar-refractivity contribution < 1.29 is 9.47 Å². The summed E-state index contributed by atoms with van der Waals surface area (Å²) in [5.74, 6) is 0.555. The van der Waals surface area contributed by atoms with Crippen molar-refractivity contribution in [1.82, 2.24) is 5.32 Å². The molecule has 2 aliphatic rings. The predicted molar refractivity (Wildman–Crippen MR) is 91.7 cm³/mol. The van der Waals surface area contributed by atoms with Gasteiger partial charge in [0.15, 0.2) is 5.96 Å². The van der Waals surface area contributed by atoms with Crippen LogP contribution in [0.2, 0.25) is 0 Å². The van der Waals surface area contributed by atoms with E-state index in [0.717, 1.165) is 45.6 Å². The molecule has 20 heavy (non-hydrogen) atoms. The number of nitrogens with one attached hydrogen (secondary N) is 1. The average Bonchev–Trinajstić information content (AvgIpc) is 2.88. The topological polar surface area (TPSA) is 68.9 Å². The third-order valence-electron chi connectivity index (χ3n) is 4.37. The first-order valence-corrected chi connectivity index (χ1v) is 7.38. The summed E-state index contributed by atoms with van der Waals surface area (Å²) in [6.07, 6.45) is 7.48. The Morgan fingerprint density at radius 3 is 2.80 bits per heavy atom. The summed E-state index contributed by atoms with van der Waals surface area (Å²) in [5, 5.41) is 3.17. The molecule has 1 aliphatic carbocycles. The highest BCUT2D eigenvalue weighted by atomic mass is 127. The summed E-state index contributed by atoms with van der Waals surface area (Å²) in [6, 6.07) is 0. The Bertz CT molecular complexity index is 303. The summed E-state index contributed by atoms with van der Waals surface area (Å²) in [6.45, 7) is 3.30. The van der Waals surface area contributed by atoms with Gasteiger partial charge in [-0.1, -0.05) is 6.42 Å². The second-order valence-electron chi connectivity index (χ2n) is 5.81. The first-order valence-electron chi connectivity index (χ1n) is 7.38. The Kier molecular flexibility index (Phi) is 8.13. The van der Waals surface area contributed by atoms with Crippen molar-refractivity contribution in [2.24, 2.45) is 16.1 Å². The molecular weight excluding hydrogens is 369 g/mol. The minimum absolute atomic E-state index is 0. The molecule has 0 aromatic heterocycles. The number of nitrogens with zero attached hydrogens (tertiary/aromatic N) is 1. The number of hydrogen-bond donors (Lipinski definition) is 2. The normalized spacial score (nSPS) is 24.9. The lowest BCUT2D eigenvalue weighted by Crippen LogP contribution is -2.40. The van der Waals surface area contributed by atoms with Crippen LogP contribution in [-0.4, -0.2) is 45.5 Å². The van der Waals surface area contributed by atoms with E-state index in [-0.39, 0.29) is 24.0 Å². The van der Waals surface area contributed by atoms with Gasteiger partial charge in [0.05, 0.1) is 6.10 Å². The second kappa shape index (κ2) is 9.04. The minimum atomic E-state index is 0. The summed E-state index contributed by atoms with van der Waals surface area (Å²) in [4.78, 5) is 4.50. The number of guanidine groups is 1. The van der Waals surface area contributed by atoms with Gasteiger partial charge in [-0.3, -0.25) is 4.99 Å². The number of rotatable bonds is 7. The van der Waals surface area contributed by atoms with E-state index in [1.807, 2.05) is 0 Å². The van der Waals surface area contributed by atoms with Crippen molar-refractivity contribution >= 4 is 29.9 Å². The van der Waals surface area contributed by atoms with Gasteiger partial charge in [0.2, 0.25) is 0 Å². The molecule has 1 aliphatic heterocycles. The maximum Gasteiger partial charge on any atom is 0.188 e. The summed E-state index contributed by atoms with van der Waals surface area (Å²) >= 11 is 0. The molecule has 5 nitrogen and oxygen atoms in total. The third kappa shape index (κ3) is 5.37. The zero-order chi connectivity index (χ0) is 13.6. The smallest absolute Gasteiger partial charge is 0.188 e. The molecule has 1 saturated heterocycles. The Morgan fingerprint density at radius 2 is 2.25 bits per heavy atom. The van der Waals surface area contributed by atoms with E-state index >= 15 is 0 Å². The number of methoxy groups -OCH3 is 1. The largest absolute Gasteiger partial charge is 0.385 e. The van der Waals surface area contributed by atoms with Crippen molar-refractivity contribution in [3.8, 4) is 0 Å². The molecule has 6 heteroatoms. The second-order valence-corrected chi connectivity index (χ2v) is 5.81. The van der Waals surface area contributed by atoms with Crippen LogP contribution in [0.4, 0.5) is 0 Å². The van der Waals surface area contributed by atoms with Crippen molar-refractivity contribution in [2.75, 3.05) is 33.4 Å². The molecule has 0 spiro atoms. The van der Waals surface area contributed by atoms with Crippen LogP contribution in [0.25, 0.3) is 0 Å². The number of halogens is 1. The lowest BCUT2D eigenvalue weighted by Gasteiger charge is -2.40.